The monoisotopic (exact) mass is 383 g/mol. The molecule has 1 aromatic carbocycles. The molecule has 1 fully saturated rings. The number of hydrogen-bond donors (Lipinski definition) is 2. The van der Waals surface area contributed by atoms with E-state index in [1.165, 1.54) is 37.1 Å². The molecular weight excluding hydrogens is 350 g/mol. The second-order valence-electron chi connectivity index (χ2n) is 7.72. The van der Waals surface area contributed by atoms with E-state index >= 15 is 0 Å². The van der Waals surface area contributed by atoms with Crippen LogP contribution >= 0.6 is 0 Å². The average molecular weight is 384 g/mol. The lowest BCUT2D eigenvalue weighted by atomic mass is 10.1. The smallest absolute Gasteiger partial charge is 0.191 e. The van der Waals surface area contributed by atoms with Crippen LogP contribution in [-0.2, 0) is 19.6 Å². The Balaban J connectivity index is 1.52. The first-order valence-corrected chi connectivity index (χ1v) is 10.4. The third kappa shape index (κ3) is 6.09. The van der Waals surface area contributed by atoms with Gasteiger partial charge in [-0.3, -0.25) is 4.90 Å². The quantitative estimate of drug-likeness (QED) is 0.538. The molecule has 1 aliphatic rings. The maximum absolute atomic E-state index is 5.39. The molecule has 0 atom stereocenters. The van der Waals surface area contributed by atoms with Gasteiger partial charge in [-0.2, -0.15) is 0 Å². The number of rotatable bonds is 8. The van der Waals surface area contributed by atoms with Gasteiger partial charge in [-0.25, -0.2) is 4.99 Å². The van der Waals surface area contributed by atoms with Crippen LogP contribution in [0.4, 0.5) is 0 Å². The minimum absolute atomic E-state index is 0.368. The Labute approximate surface area is 168 Å². The van der Waals surface area contributed by atoms with Gasteiger partial charge in [0.1, 0.15) is 0 Å². The van der Waals surface area contributed by atoms with E-state index in [-0.39, 0.29) is 0 Å². The first-order valence-electron chi connectivity index (χ1n) is 10.4. The highest BCUT2D eigenvalue weighted by atomic mass is 16.5. The largest absolute Gasteiger partial charge is 0.359 e. The summed E-state index contributed by atoms with van der Waals surface area (Å²) in [5.74, 6) is 1.97. The molecular formula is C22H33N5O. The van der Waals surface area contributed by atoms with Crippen molar-refractivity contribution in [1.82, 2.24) is 20.7 Å². The Morgan fingerprint density at radius 1 is 1.14 bits per heavy atom. The second-order valence-corrected chi connectivity index (χ2v) is 7.72. The van der Waals surface area contributed by atoms with Crippen molar-refractivity contribution in [2.75, 3.05) is 19.6 Å². The van der Waals surface area contributed by atoms with Gasteiger partial charge >= 0.3 is 0 Å². The highest BCUT2D eigenvalue weighted by Gasteiger charge is 2.11. The fourth-order valence-electron chi connectivity index (χ4n) is 3.32. The molecule has 6 nitrogen and oxygen atoms in total. The number of nitrogens with zero attached hydrogens (tertiary/aromatic N) is 3. The predicted octanol–water partition coefficient (Wildman–Crippen LogP) is 3.65. The van der Waals surface area contributed by atoms with Crippen LogP contribution in [0.3, 0.4) is 0 Å². The van der Waals surface area contributed by atoms with Gasteiger partial charge in [-0.05, 0) is 49.9 Å². The molecule has 3 rings (SSSR count). The molecule has 0 radical (unpaired) electrons. The van der Waals surface area contributed by atoms with Gasteiger partial charge in [0.2, 0.25) is 0 Å². The van der Waals surface area contributed by atoms with Crippen molar-refractivity contribution in [3.8, 4) is 0 Å². The van der Waals surface area contributed by atoms with Gasteiger partial charge in [0, 0.05) is 19.2 Å². The fraction of sp³-hybridized carbons (Fsp3) is 0.545. The van der Waals surface area contributed by atoms with Crippen LogP contribution in [0, 0.1) is 0 Å². The maximum atomic E-state index is 5.39. The molecule has 2 heterocycles. The first kappa shape index (κ1) is 20.4. The van der Waals surface area contributed by atoms with Crippen LogP contribution in [0.5, 0.6) is 0 Å². The van der Waals surface area contributed by atoms with Crippen molar-refractivity contribution in [2.45, 2.75) is 59.2 Å². The molecule has 0 bridgehead atoms. The summed E-state index contributed by atoms with van der Waals surface area (Å²) >= 11 is 0. The summed E-state index contributed by atoms with van der Waals surface area (Å²) in [4.78, 5) is 7.22. The highest BCUT2D eigenvalue weighted by molar-refractivity contribution is 5.79. The zero-order valence-electron chi connectivity index (χ0n) is 17.4. The molecule has 1 aliphatic heterocycles. The molecule has 1 aromatic heterocycles. The van der Waals surface area contributed by atoms with Crippen molar-refractivity contribution < 1.29 is 4.52 Å². The average Bonchev–Trinajstić information content (AvgIpc) is 3.37. The Bertz CT molecular complexity index is 745. The maximum Gasteiger partial charge on any atom is 0.191 e. The second kappa shape index (κ2) is 10.3. The summed E-state index contributed by atoms with van der Waals surface area (Å²) in [6, 6.07) is 10.8. The first-order chi connectivity index (χ1) is 13.6. The number of nitrogens with one attached hydrogen (secondary N) is 2. The fourth-order valence-corrected chi connectivity index (χ4v) is 3.32. The standard InChI is InChI=1S/C22H33N5O/c1-4-23-22(25-15-20-13-21(17(2)3)26-28-20)24-14-18-7-9-19(10-8-18)16-27-11-5-6-12-27/h7-10,13,17H,4-6,11-12,14-16H2,1-3H3,(H2,23,24,25). The van der Waals surface area contributed by atoms with Gasteiger partial charge in [0.25, 0.3) is 0 Å². The van der Waals surface area contributed by atoms with Crippen LogP contribution in [0.2, 0.25) is 0 Å². The topological polar surface area (TPSA) is 65.7 Å². The molecule has 2 aromatic rings. The van der Waals surface area contributed by atoms with Crippen molar-refractivity contribution in [3.63, 3.8) is 0 Å². The molecule has 0 unspecified atom stereocenters. The molecule has 0 amide bonds. The normalized spacial score (nSPS) is 15.4. The number of likely N-dealkylation sites (tertiary alicyclic amines) is 1. The van der Waals surface area contributed by atoms with Gasteiger partial charge in [0.15, 0.2) is 11.7 Å². The summed E-state index contributed by atoms with van der Waals surface area (Å²) < 4.78 is 5.39. The third-order valence-electron chi connectivity index (χ3n) is 4.99. The minimum Gasteiger partial charge on any atom is -0.359 e. The molecule has 28 heavy (non-hydrogen) atoms. The van der Waals surface area contributed by atoms with Gasteiger partial charge in [0.05, 0.1) is 18.8 Å². The lowest BCUT2D eigenvalue weighted by Gasteiger charge is -2.14. The van der Waals surface area contributed by atoms with Crippen molar-refractivity contribution in [1.29, 1.82) is 0 Å². The lowest BCUT2D eigenvalue weighted by molar-refractivity contribution is 0.331. The number of aromatic nitrogens is 1. The zero-order chi connectivity index (χ0) is 19.8. The molecule has 6 heteroatoms. The van der Waals surface area contributed by atoms with Crippen molar-refractivity contribution in [2.24, 2.45) is 4.99 Å². The third-order valence-corrected chi connectivity index (χ3v) is 4.99. The summed E-state index contributed by atoms with van der Waals surface area (Å²) in [6.07, 6.45) is 2.67. The zero-order valence-corrected chi connectivity index (χ0v) is 17.4. The summed E-state index contributed by atoms with van der Waals surface area (Å²) in [6.45, 7) is 11.8. The SMILES string of the molecule is CCNC(=NCc1ccc(CN2CCCC2)cc1)NCc1cc(C(C)C)no1. The van der Waals surface area contributed by atoms with E-state index in [0.717, 1.165) is 30.5 Å². The molecule has 2 N–H and O–H groups in total. The van der Waals surface area contributed by atoms with E-state index in [9.17, 15) is 0 Å². The van der Waals surface area contributed by atoms with E-state index in [1.807, 2.05) is 6.07 Å². The van der Waals surface area contributed by atoms with Crippen molar-refractivity contribution in [3.05, 3.63) is 52.9 Å². The Hall–Kier alpha value is -2.34. The van der Waals surface area contributed by atoms with Crippen LogP contribution in [0.25, 0.3) is 0 Å². The molecule has 1 saturated heterocycles. The van der Waals surface area contributed by atoms with Crippen LogP contribution in [0.15, 0.2) is 39.8 Å². The molecule has 0 aliphatic carbocycles. The molecule has 0 spiro atoms. The van der Waals surface area contributed by atoms with Crippen molar-refractivity contribution >= 4 is 5.96 Å². The summed E-state index contributed by atoms with van der Waals surface area (Å²) in [5.41, 5.74) is 3.57. The Morgan fingerprint density at radius 3 is 2.50 bits per heavy atom. The number of benzene rings is 1. The van der Waals surface area contributed by atoms with E-state index in [2.05, 4.69) is 65.7 Å². The van der Waals surface area contributed by atoms with Gasteiger partial charge < -0.3 is 15.2 Å². The molecule has 0 saturated carbocycles. The minimum atomic E-state index is 0.368. The predicted molar refractivity (Wildman–Crippen MR) is 113 cm³/mol. The lowest BCUT2D eigenvalue weighted by Crippen LogP contribution is -2.36. The van der Waals surface area contributed by atoms with Crippen LogP contribution in [-0.4, -0.2) is 35.7 Å². The van der Waals surface area contributed by atoms with Gasteiger partial charge in [-0.15, -0.1) is 0 Å². The summed E-state index contributed by atoms with van der Waals surface area (Å²) in [7, 11) is 0. The van der Waals surface area contributed by atoms with E-state index in [1.54, 1.807) is 0 Å². The van der Waals surface area contributed by atoms with Crippen LogP contribution < -0.4 is 10.6 Å². The number of hydrogen-bond acceptors (Lipinski definition) is 4. The Morgan fingerprint density at radius 2 is 1.86 bits per heavy atom. The molecule has 152 valence electrons. The number of guanidine groups is 1. The Kier molecular flexibility index (Phi) is 7.48. The van der Waals surface area contributed by atoms with E-state index in [0.29, 0.717) is 19.0 Å². The van der Waals surface area contributed by atoms with Crippen LogP contribution in [0.1, 0.15) is 62.1 Å². The van der Waals surface area contributed by atoms with E-state index in [4.69, 9.17) is 9.52 Å². The van der Waals surface area contributed by atoms with E-state index < -0.39 is 0 Å². The number of aliphatic imine (C=N–C) groups is 1. The summed E-state index contributed by atoms with van der Waals surface area (Å²) in [5, 5.41) is 10.7. The highest BCUT2D eigenvalue weighted by Crippen LogP contribution is 2.15. The van der Waals surface area contributed by atoms with Gasteiger partial charge in [-0.1, -0.05) is 43.3 Å².